The van der Waals surface area contributed by atoms with Gasteiger partial charge in [0.25, 0.3) is 6.71 Å². The minimum atomic E-state index is 0.0995. The zero-order chi connectivity index (χ0) is 25.9. The predicted octanol–water partition coefficient (Wildman–Crippen LogP) is 6.66. The van der Waals surface area contributed by atoms with Crippen LogP contribution in [0.1, 0.15) is 17.0 Å². The van der Waals surface area contributed by atoms with Crippen LogP contribution in [-0.4, -0.2) is 12.8 Å². The van der Waals surface area contributed by atoms with Crippen molar-refractivity contribution in [2.24, 2.45) is 0 Å². The molecular formula is C36H23BN2O. The smallest absolute Gasteiger partial charge is 0.256 e. The van der Waals surface area contributed by atoms with Crippen LogP contribution in [-0.2, 0) is 0 Å². The van der Waals surface area contributed by atoms with Crippen LogP contribution < -0.4 is 30.9 Å². The lowest BCUT2D eigenvalue weighted by Crippen LogP contribution is -2.59. The van der Waals surface area contributed by atoms with E-state index < -0.39 is 0 Å². The van der Waals surface area contributed by atoms with Gasteiger partial charge < -0.3 is 14.5 Å². The number of hydrogen-bond acceptors (Lipinski definition) is 3. The number of fused-ring (bicyclic) bond motifs is 11. The average molecular weight is 510 g/mol. The quantitative estimate of drug-likeness (QED) is 0.230. The van der Waals surface area contributed by atoms with E-state index in [4.69, 9.17) is 4.74 Å². The van der Waals surface area contributed by atoms with Crippen LogP contribution in [0.4, 0.5) is 28.4 Å². The van der Waals surface area contributed by atoms with Gasteiger partial charge in [-0.25, -0.2) is 0 Å². The van der Waals surface area contributed by atoms with Gasteiger partial charge in [0, 0.05) is 28.5 Å². The first-order valence-electron chi connectivity index (χ1n) is 14.1. The van der Waals surface area contributed by atoms with Gasteiger partial charge >= 0.3 is 0 Å². The maximum Gasteiger partial charge on any atom is 0.256 e. The van der Waals surface area contributed by atoms with Crippen molar-refractivity contribution in [3.63, 3.8) is 0 Å². The molecular weight excluding hydrogens is 487 g/mol. The minimum Gasteiger partial charge on any atom is -0.458 e. The maximum absolute atomic E-state index is 6.54. The number of ether oxygens (including phenoxy) is 1. The second kappa shape index (κ2) is 7.37. The summed E-state index contributed by atoms with van der Waals surface area (Å²) >= 11 is 0. The lowest BCUT2D eigenvalue weighted by Gasteiger charge is -2.41. The summed E-state index contributed by atoms with van der Waals surface area (Å²) in [5.74, 6) is 2.21. The summed E-state index contributed by atoms with van der Waals surface area (Å²) in [6, 6.07) is 39.9. The van der Waals surface area contributed by atoms with Gasteiger partial charge in [-0.3, -0.25) is 0 Å². The Balaban J connectivity index is 1.34. The number of para-hydroxylation sites is 3. The third kappa shape index (κ3) is 2.44. The first-order valence-corrected chi connectivity index (χ1v) is 14.1. The molecule has 0 N–H and O–H groups in total. The third-order valence-electron chi connectivity index (χ3n) is 9.39. The van der Waals surface area contributed by atoms with Crippen LogP contribution in [0.25, 0.3) is 5.57 Å². The van der Waals surface area contributed by atoms with Crippen molar-refractivity contribution in [3.05, 3.63) is 139 Å². The Hall–Kier alpha value is -4.96. The Kier molecular flexibility index (Phi) is 3.86. The second-order valence-electron chi connectivity index (χ2n) is 11.2. The molecule has 5 aromatic rings. The van der Waals surface area contributed by atoms with E-state index in [9.17, 15) is 0 Å². The van der Waals surface area contributed by atoms with Crippen molar-refractivity contribution in [1.29, 1.82) is 0 Å². The summed E-state index contributed by atoms with van der Waals surface area (Å²) < 4.78 is 6.54. The molecule has 0 amide bonds. The molecule has 10 rings (SSSR count). The van der Waals surface area contributed by atoms with E-state index in [1.807, 2.05) is 0 Å². The van der Waals surface area contributed by atoms with Gasteiger partial charge in [0.1, 0.15) is 11.5 Å². The predicted molar refractivity (Wildman–Crippen MR) is 165 cm³/mol. The molecule has 0 saturated carbocycles. The summed E-state index contributed by atoms with van der Waals surface area (Å²) in [7, 11) is 0. The Morgan fingerprint density at radius 2 is 1.45 bits per heavy atom. The highest BCUT2D eigenvalue weighted by molar-refractivity contribution is 6.99. The molecule has 5 aromatic carbocycles. The molecule has 4 heterocycles. The van der Waals surface area contributed by atoms with E-state index in [0.717, 1.165) is 17.2 Å². The highest BCUT2D eigenvalue weighted by Gasteiger charge is 2.51. The highest BCUT2D eigenvalue weighted by atomic mass is 16.5. The Morgan fingerprint density at radius 3 is 2.40 bits per heavy atom. The van der Waals surface area contributed by atoms with Gasteiger partial charge in [-0.15, -0.1) is 0 Å². The zero-order valence-electron chi connectivity index (χ0n) is 21.7. The van der Waals surface area contributed by atoms with Crippen LogP contribution in [0.2, 0.25) is 0 Å². The lowest BCUT2D eigenvalue weighted by molar-refractivity contribution is 0.487. The molecule has 4 heteroatoms. The first-order chi connectivity index (χ1) is 19.9. The summed E-state index contributed by atoms with van der Waals surface area (Å²) in [4.78, 5) is 5.13. The number of anilines is 5. The highest BCUT2D eigenvalue weighted by Crippen LogP contribution is 2.61. The third-order valence-corrected chi connectivity index (χ3v) is 9.39. The molecule has 40 heavy (non-hydrogen) atoms. The fourth-order valence-corrected chi connectivity index (χ4v) is 7.92. The van der Waals surface area contributed by atoms with Crippen molar-refractivity contribution < 1.29 is 4.74 Å². The zero-order valence-corrected chi connectivity index (χ0v) is 21.7. The van der Waals surface area contributed by atoms with Gasteiger partial charge in [0.05, 0.1) is 17.4 Å². The maximum atomic E-state index is 6.54. The Labute approximate surface area is 233 Å². The molecule has 4 aliphatic heterocycles. The molecule has 3 nitrogen and oxygen atoms in total. The molecule has 0 bridgehead atoms. The van der Waals surface area contributed by atoms with Crippen LogP contribution in [0.15, 0.2) is 127 Å². The van der Waals surface area contributed by atoms with Gasteiger partial charge in [0.15, 0.2) is 0 Å². The Morgan fingerprint density at radius 1 is 0.650 bits per heavy atom. The Bertz CT molecular complexity index is 1980. The van der Waals surface area contributed by atoms with Crippen molar-refractivity contribution in [3.8, 4) is 11.5 Å². The van der Waals surface area contributed by atoms with E-state index in [1.54, 1.807) is 0 Å². The van der Waals surface area contributed by atoms with Crippen molar-refractivity contribution >= 4 is 57.1 Å². The van der Waals surface area contributed by atoms with Gasteiger partial charge in [-0.2, -0.15) is 0 Å². The average Bonchev–Trinajstić information content (AvgIpc) is 3.54. The SMILES string of the molecule is C1=CC2c3ccc4c(c3N3c5ccccc5C(=C1)C23)N(c1ccccc1)c1cccc2c1B4c1ccccc1O2. The molecule has 5 aliphatic rings. The van der Waals surface area contributed by atoms with Crippen molar-refractivity contribution in [1.82, 2.24) is 0 Å². The molecule has 2 unspecified atom stereocenters. The van der Waals surface area contributed by atoms with Crippen molar-refractivity contribution in [2.45, 2.75) is 12.0 Å². The van der Waals surface area contributed by atoms with Crippen LogP contribution in [0, 0.1) is 0 Å². The number of benzene rings is 5. The van der Waals surface area contributed by atoms with Crippen LogP contribution in [0.3, 0.4) is 0 Å². The van der Waals surface area contributed by atoms with Crippen molar-refractivity contribution in [2.75, 3.05) is 9.80 Å². The fraction of sp³-hybridized carbons (Fsp3) is 0.0556. The van der Waals surface area contributed by atoms with E-state index in [1.165, 1.54) is 55.8 Å². The summed E-state index contributed by atoms with van der Waals surface area (Å²) in [6.45, 7) is 0.0995. The number of hydrogen-bond donors (Lipinski definition) is 0. The fourth-order valence-electron chi connectivity index (χ4n) is 7.92. The molecule has 1 aliphatic carbocycles. The molecule has 0 saturated heterocycles. The van der Waals surface area contributed by atoms with Crippen LogP contribution in [0.5, 0.6) is 11.5 Å². The monoisotopic (exact) mass is 510 g/mol. The molecule has 0 fully saturated rings. The van der Waals surface area contributed by atoms with E-state index in [0.29, 0.717) is 5.92 Å². The molecule has 0 aromatic heterocycles. The van der Waals surface area contributed by atoms with Gasteiger partial charge in [-0.1, -0.05) is 91.0 Å². The van der Waals surface area contributed by atoms with Crippen LogP contribution >= 0.6 is 0 Å². The second-order valence-corrected chi connectivity index (χ2v) is 11.2. The van der Waals surface area contributed by atoms with E-state index >= 15 is 0 Å². The van der Waals surface area contributed by atoms with E-state index in [-0.39, 0.29) is 12.8 Å². The van der Waals surface area contributed by atoms with Gasteiger partial charge in [-0.05, 0) is 63.9 Å². The summed E-state index contributed by atoms with van der Waals surface area (Å²) in [6.07, 6.45) is 6.98. The molecule has 0 spiro atoms. The lowest BCUT2D eigenvalue weighted by atomic mass is 9.34. The molecule has 186 valence electrons. The largest absolute Gasteiger partial charge is 0.458 e. The summed E-state index contributed by atoms with van der Waals surface area (Å²) in [5.41, 5.74) is 14.3. The minimum absolute atomic E-state index is 0.0995. The normalized spacial score (nSPS) is 19.6. The summed E-state index contributed by atoms with van der Waals surface area (Å²) in [5, 5.41) is 0. The number of rotatable bonds is 1. The first kappa shape index (κ1) is 20.9. The van der Waals surface area contributed by atoms with E-state index in [2.05, 4.69) is 137 Å². The number of allylic oxidation sites excluding steroid dienone is 2. The topological polar surface area (TPSA) is 15.7 Å². The molecule has 0 radical (unpaired) electrons. The van der Waals surface area contributed by atoms with Gasteiger partial charge in [0.2, 0.25) is 0 Å². The molecule has 2 atom stereocenters. The standard InChI is InChI=1S/C36H23BN2O/c1-2-10-22(11-3-1)38-30-17-9-19-32-33(30)37(27-15-5-7-18-31(27)40-32)28-21-20-26-25-14-8-13-24-23-12-4-6-16-29(23)39(34(24)25)35(26)36(28)38/h1-21,25,34H. The number of nitrogens with zero attached hydrogens (tertiary/aromatic N) is 2.